The standard InChI is InChI=1S/C24H25Cl2NO3/c25-18-9-7-16(8-10-18)22-20(17-5-2-6-19(26)11-17)13-24(14-21(28)29,23(30)27-22)12-15-3-1-4-15/h2,5-11,15,20,22H,1,3-4,12-14H2,(H,27,30)(H,28,29)/t20-,22-,24-/m1/s1. The van der Waals surface area contributed by atoms with Crippen molar-refractivity contribution in [1.29, 1.82) is 0 Å². The number of carboxylic acid groups (broad SMARTS) is 1. The van der Waals surface area contributed by atoms with Gasteiger partial charge in [-0.1, -0.05) is 66.7 Å². The number of halogens is 2. The van der Waals surface area contributed by atoms with Gasteiger partial charge in [-0.25, -0.2) is 0 Å². The molecule has 158 valence electrons. The van der Waals surface area contributed by atoms with E-state index in [4.69, 9.17) is 23.2 Å². The van der Waals surface area contributed by atoms with Gasteiger partial charge in [-0.2, -0.15) is 0 Å². The van der Waals surface area contributed by atoms with E-state index >= 15 is 0 Å². The molecule has 30 heavy (non-hydrogen) atoms. The lowest BCUT2D eigenvalue weighted by Crippen LogP contribution is -2.52. The number of amides is 1. The second-order valence-corrected chi connectivity index (χ2v) is 9.59. The normalized spacial score (nSPS) is 26.7. The highest BCUT2D eigenvalue weighted by atomic mass is 35.5. The van der Waals surface area contributed by atoms with Gasteiger partial charge < -0.3 is 10.4 Å². The molecular formula is C24H25Cl2NO3. The monoisotopic (exact) mass is 445 g/mol. The van der Waals surface area contributed by atoms with Gasteiger partial charge in [0.15, 0.2) is 0 Å². The number of hydrogen-bond donors (Lipinski definition) is 2. The molecule has 1 aliphatic heterocycles. The summed E-state index contributed by atoms with van der Waals surface area (Å²) in [6.45, 7) is 0. The topological polar surface area (TPSA) is 66.4 Å². The molecule has 0 unspecified atom stereocenters. The summed E-state index contributed by atoms with van der Waals surface area (Å²) in [5.41, 5.74) is 1.04. The Balaban J connectivity index is 1.75. The van der Waals surface area contributed by atoms with Crippen LogP contribution in [-0.4, -0.2) is 17.0 Å². The Labute approximate surface area is 186 Å². The molecule has 0 bridgehead atoms. The van der Waals surface area contributed by atoms with Gasteiger partial charge in [-0.3, -0.25) is 9.59 Å². The quantitative estimate of drug-likeness (QED) is 0.573. The van der Waals surface area contributed by atoms with Crippen LogP contribution in [0.3, 0.4) is 0 Å². The number of carbonyl (C=O) groups is 2. The smallest absolute Gasteiger partial charge is 0.304 e. The molecule has 1 amide bonds. The molecule has 2 fully saturated rings. The third-order valence-electron chi connectivity index (χ3n) is 6.68. The highest BCUT2D eigenvalue weighted by Gasteiger charge is 2.50. The molecule has 2 aromatic carbocycles. The van der Waals surface area contributed by atoms with Gasteiger partial charge >= 0.3 is 5.97 Å². The van der Waals surface area contributed by atoms with Gasteiger partial charge in [-0.05, 0) is 54.2 Å². The predicted octanol–water partition coefficient (Wildman–Crippen LogP) is 5.99. The van der Waals surface area contributed by atoms with Gasteiger partial charge in [0.2, 0.25) is 5.91 Å². The van der Waals surface area contributed by atoms with Crippen molar-refractivity contribution in [2.45, 2.75) is 50.5 Å². The van der Waals surface area contributed by atoms with E-state index in [0.29, 0.717) is 28.8 Å². The highest BCUT2D eigenvalue weighted by molar-refractivity contribution is 6.30. The number of aliphatic carboxylic acids is 1. The first-order valence-corrected chi connectivity index (χ1v) is 11.2. The van der Waals surface area contributed by atoms with Crippen molar-refractivity contribution in [2.24, 2.45) is 11.3 Å². The lowest BCUT2D eigenvalue weighted by atomic mass is 9.62. The number of hydrogen-bond acceptors (Lipinski definition) is 2. The molecule has 1 aliphatic carbocycles. The van der Waals surface area contributed by atoms with Crippen molar-refractivity contribution in [3.63, 3.8) is 0 Å². The summed E-state index contributed by atoms with van der Waals surface area (Å²) in [6, 6.07) is 14.8. The average Bonchev–Trinajstić information content (AvgIpc) is 2.67. The number of rotatable bonds is 6. The summed E-state index contributed by atoms with van der Waals surface area (Å²) >= 11 is 12.3. The fourth-order valence-corrected chi connectivity index (χ4v) is 5.32. The summed E-state index contributed by atoms with van der Waals surface area (Å²) < 4.78 is 0. The van der Waals surface area contributed by atoms with Crippen LogP contribution in [0.5, 0.6) is 0 Å². The first-order valence-electron chi connectivity index (χ1n) is 10.4. The third kappa shape index (κ3) is 4.35. The predicted molar refractivity (Wildman–Crippen MR) is 118 cm³/mol. The molecule has 2 N–H and O–H groups in total. The number of nitrogens with one attached hydrogen (secondary N) is 1. The highest BCUT2D eigenvalue weighted by Crippen LogP contribution is 2.51. The molecular weight excluding hydrogens is 421 g/mol. The number of carbonyl (C=O) groups excluding carboxylic acids is 1. The summed E-state index contributed by atoms with van der Waals surface area (Å²) in [6.07, 6.45) is 4.24. The summed E-state index contributed by atoms with van der Waals surface area (Å²) in [4.78, 5) is 25.2. The van der Waals surface area contributed by atoms with E-state index < -0.39 is 11.4 Å². The minimum absolute atomic E-state index is 0.0815. The van der Waals surface area contributed by atoms with E-state index in [1.54, 1.807) is 0 Å². The van der Waals surface area contributed by atoms with Crippen LogP contribution in [0.1, 0.15) is 61.6 Å². The van der Waals surface area contributed by atoms with Crippen LogP contribution in [0, 0.1) is 11.3 Å². The SMILES string of the molecule is O=C(O)C[C@@]1(CC2CCC2)C[C@H](c2cccc(Cl)c2)[C@@H](c2ccc(Cl)cc2)NC1=O. The van der Waals surface area contributed by atoms with Gasteiger partial charge in [0.05, 0.1) is 17.9 Å². The molecule has 3 atom stereocenters. The fraction of sp³-hybridized carbons (Fsp3) is 0.417. The van der Waals surface area contributed by atoms with Crippen molar-refractivity contribution in [2.75, 3.05) is 0 Å². The van der Waals surface area contributed by atoms with E-state index in [1.165, 1.54) is 0 Å². The lowest BCUT2D eigenvalue weighted by Gasteiger charge is -2.46. The average molecular weight is 446 g/mol. The molecule has 1 saturated heterocycles. The van der Waals surface area contributed by atoms with E-state index in [-0.39, 0.29) is 24.3 Å². The second kappa shape index (κ2) is 8.60. The Morgan fingerprint density at radius 2 is 1.80 bits per heavy atom. The van der Waals surface area contributed by atoms with Crippen LogP contribution in [0.4, 0.5) is 0 Å². The summed E-state index contributed by atoms with van der Waals surface area (Å²) in [5.74, 6) is -0.751. The molecule has 0 spiro atoms. The maximum absolute atomic E-state index is 13.4. The van der Waals surface area contributed by atoms with Crippen LogP contribution < -0.4 is 5.32 Å². The summed E-state index contributed by atoms with van der Waals surface area (Å²) in [5, 5.41) is 14.1. The van der Waals surface area contributed by atoms with Crippen LogP contribution in [0.25, 0.3) is 0 Å². The zero-order valence-corrected chi connectivity index (χ0v) is 18.1. The van der Waals surface area contributed by atoms with E-state index in [0.717, 1.165) is 30.4 Å². The van der Waals surface area contributed by atoms with Gasteiger partial charge in [-0.15, -0.1) is 0 Å². The van der Waals surface area contributed by atoms with Crippen molar-refractivity contribution >= 4 is 35.1 Å². The minimum Gasteiger partial charge on any atom is -0.481 e. The fourth-order valence-electron chi connectivity index (χ4n) is 5.00. The van der Waals surface area contributed by atoms with Crippen molar-refractivity contribution in [3.8, 4) is 0 Å². The maximum atomic E-state index is 13.4. The first kappa shape index (κ1) is 21.2. The van der Waals surface area contributed by atoms with Gasteiger partial charge in [0.1, 0.15) is 0 Å². The number of piperidine rings is 1. The summed E-state index contributed by atoms with van der Waals surface area (Å²) in [7, 11) is 0. The molecule has 0 radical (unpaired) electrons. The van der Waals surface area contributed by atoms with Crippen LogP contribution in [-0.2, 0) is 9.59 Å². The lowest BCUT2D eigenvalue weighted by molar-refractivity contribution is -0.150. The molecule has 1 saturated carbocycles. The minimum atomic E-state index is -0.931. The Morgan fingerprint density at radius 3 is 2.40 bits per heavy atom. The Kier molecular flexibility index (Phi) is 6.08. The molecule has 2 aromatic rings. The van der Waals surface area contributed by atoms with Crippen LogP contribution >= 0.6 is 23.2 Å². The zero-order valence-electron chi connectivity index (χ0n) is 16.6. The molecule has 6 heteroatoms. The second-order valence-electron chi connectivity index (χ2n) is 8.72. The molecule has 4 nitrogen and oxygen atoms in total. The van der Waals surface area contributed by atoms with Crippen molar-refractivity contribution in [1.82, 2.24) is 5.32 Å². The molecule has 2 aliphatic rings. The third-order valence-corrected chi connectivity index (χ3v) is 7.17. The maximum Gasteiger partial charge on any atom is 0.304 e. The van der Waals surface area contributed by atoms with Crippen LogP contribution in [0.15, 0.2) is 48.5 Å². The van der Waals surface area contributed by atoms with Crippen LogP contribution in [0.2, 0.25) is 10.0 Å². The largest absolute Gasteiger partial charge is 0.481 e. The molecule has 0 aromatic heterocycles. The van der Waals surface area contributed by atoms with Crippen molar-refractivity contribution in [3.05, 3.63) is 69.7 Å². The Bertz CT molecular complexity index is 942. The Hall–Kier alpha value is -2.04. The van der Waals surface area contributed by atoms with Gasteiger partial charge in [0.25, 0.3) is 0 Å². The first-order chi connectivity index (χ1) is 14.4. The zero-order chi connectivity index (χ0) is 21.3. The van der Waals surface area contributed by atoms with E-state index in [1.807, 2.05) is 48.5 Å². The van der Waals surface area contributed by atoms with E-state index in [2.05, 4.69) is 5.32 Å². The van der Waals surface area contributed by atoms with E-state index in [9.17, 15) is 14.7 Å². The van der Waals surface area contributed by atoms with Crippen molar-refractivity contribution < 1.29 is 14.7 Å². The molecule has 1 heterocycles. The number of carboxylic acids is 1. The Morgan fingerprint density at radius 1 is 1.07 bits per heavy atom. The van der Waals surface area contributed by atoms with Gasteiger partial charge in [0, 0.05) is 16.0 Å². The molecule has 4 rings (SSSR count). The number of benzene rings is 2.